The molecule has 0 aliphatic rings. The average molecular weight is 137 g/mol. The molecule has 0 fully saturated rings. The van der Waals surface area contributed by atoms with E-state index >= 15 is 0 Å². The van der Waals surface area contributed by atoms with E-state index in [0.29, 0.717) is 6.04 Å². The van der Waals surface area contributed by atoms with Crippen molar-refractivity contribution in [3.63, 3.8) is 0 Å². The lowest BCUT2D eigenvalue weighted by molar-refractivity contribution is 0.567. The molecule has 0 N–H and O–H groups in total. The van der Waals surface area contributed by atoms with Crippen molar-refractivity contribution in [1.29, 1.82) is 0 Å². The number of hydrogen-bond donors (Lipinski definition) is 0. The Kier molecular flexibility index (Phi) is 1.38. The van der Waals surface area contributed by atoms with Gasteiger partial charge in [-0.3, -0.25) is 0 Å². The second-order valence-electron chi connectivity index (χ2n) is 3.27. The van der Waals surface area contributed by atoms with Crippen LogP contribution in [0.3, 0.4) is 0 Å². The first-order valence-corrected chi connectivity index (χ1v) is 3.29. The summed E-state index contributed by atoms with van der Waals surface area (Å²) in [5.41, 5.74) is 0.743. The number of aromatic nitrogens is 2. The van der Waals surface area contributed by atoms with Gasteiger partial charge in [0.15, 0.2) is 0 Å². The lowest BCUT2D eigenvalue weighted by Crippen LogP contribution is -2.12. The molecular weight excluding hydrogens is 124 g/mol. The number of nitrogens with zero attached hydrogens (tertiary/aromatic N) is 2. The quantitative estimate of drug-likeness (QED) is 0.544. The van der Waals surface area contributed by atoms with Gasteiger partial charge in [0, 0.05) is 17.3 Å². The van der Waals surface area contributed by atoms with Crippen LogP contribution in [-0.4, -0.2) is 9.97 Å². The second-order valence-corrected chi connectivity index (χ2v) is 3.27. The van der Waals surface area contributed by atoms with Crippen molar-refractivity contribution in [3.8, 4) is 0 Å². The zero-order valence-electron chi connectivity index (χ0n) is 7.55. The monoisotopic (exact) mass is 137 g/mol. The van der Waals surface area contributed by atoms with Gasteiger partial charge in [-0.05, 0) is 6.04 Å². The zero-order chi connectivity index (χ0) is 8.48. The van der Waals surface area contributed by atoms with E-state index in [1.165, 1.54) is 12.5 Å². The van der Waals surface area contributed by atoms with Gasteiger partial charge in [-0.2, -0.15) is 0 Å². The van der Waals surface area contributed by atoms with Gasteiger partial charge in [0.1, 0.15) is 6.33 Å². The third-order valence-electron chi connectivity index (χ3n) is 1.24. The summed E-state index contributed by atoms with van der Waals surface area (Å²) in [6.07, 6.45) is 3.01. The first-order valence-electron chi connectivity index (χ1n) is 3.79. The first-order chi connectivity index (χ1) is 5.02. The van der Waals surface area contributed by atoms with Gasteiger partial charge < -0.3 is 0 Å². The van der Waals surface area contributed by atoms with Crippen molar-refractivity contribution < 1.29 is 1.37 Å². The van der Waals surface area contributed by atoms with Gasteiger partial charge in [-0.25, -0.2) is 9.97 Å². The van der Waals surface area contributed by atoms with E-state index in [2.05, 4.69) is 9.97 Å². The summed E-state index contributed by atoms with van der Waals surface area (Å²) in [4.78, 5) is 7.81. The standard InChI is InChI=1S/C8H12N2/c1-8(2,3)7-4-5-9-6-10-7/h4-6H,1-3H3/i4D. The molecular formula is C8H12N2. The molecule has 1 rings (SSSR count). The Morgan fingerprint density at radius 3 is 2.60 bits per heavy atom. The molecule has 1 aromatic rings. The first kappa shape index (κ1) is 5.83. The van der Waals surface area contributed by atoms with Crippen LogP contribution < -0.4 is 0 Å². The van der Waals surface area contributed by atoms with Crippen molar-refractivity contribution in [2.45, 2.75) is 26.2 Å². The Hall–Kier alpha value is -0.920. The molecule has 0 spiro atoms. The molecule has 0 atom stereocenters. The summed E-state index contributed by atoms with van der Waals surface area (Å²) in [6.45, 7) is 6.11. The molecule has 0 amide bonds. The summed E-state index contributed by atoms with van der Waals surface area (Å²) in [6, 6.07) is 0.417. The molecule has 1 heterocycles. The van der Waals surface area contributed by atoms with E-state index < -0.39 is 0 Å². The van der Waals surface area contributed by atoms with Crippen LogP contribution in [0.5, 0.6) is 0 Å². The van der Waals surface area contributed by atoms with Gasteiger partial charge in [-0.15, -0.1) is 0 Å². The highest BCUT2D eigenvalue weighted by molar-refractivity contribution is 5.09. The normalized spacial score (nSPS) is 12.9. The molecule has 0 aromatic carbocycles. The van der Waals surface area contributed by atoms with Crippen LogP contribution >= 0.6 is 0 Å². The highest BCUT2D eigenvalue weighted by Gasteiger charge is 2.13. The minimum Gasteiger partial charge on any atom is -0.245 e. The Balaban J connectivity index is 3.14. The van der Waals surface area contributed by atoms with E-state index in [9.17, 15) is 0 Å². The topological polar surface area (TPSA) is 25.8 Å². The number of rotatable bonds is 0. The molecule has 2 heteroatoms. The Morgan fingerprint density at radius 1 is 1.50 bits per heavy atom. The molecule has 1 aromatic heterocycles. The third kappa shape index (κ3) is 1.53. The van der Waals surface area contributed by atoms with E-state index in [4.69, 9.17) is 1.37 Å². The molecule has 10 heavy (non-hydrogen) atoms. The fourth-order valence-corrected chi connectivity index (χ4v) is 0.670. The van der Waals surface area contributed by atoms with Gasteiger partial charge in [-0.1, -0.05) is 20.8 Å². The van der Waals surface area contributed by atoms with Crippen LogP contribution in [0.25, 0.3) is 0 Å². The Bertz CT molecular complexity index is 253. The molecule has 0 bridgehead atoms. The van der Waals surface area contributed by atoms with E-state index in [0.717, 1.165) is 5.69 Å². The van der Waals surface area contributed by atoms with Crippen molar-refractivity contribution in [3.05, 3.63) is 24.3 Å². The molecule has 0 saturated heterocycles. The summed E-state index contributed by atoms with van der Waals surface area (Å²) >= 11 is 0. The SMILES string of the molecule is [2H]c1cncnc1C(C)(C)C. The molecule has 2 nitrogen and oxygen atoms in total. The molecule has 0 unspecified atom stereocenters. The van der Waals surface area contributed by atoms with Crippen LogP contribution in [-0.2, 0) is 5.41 Å². The molecule has 0 saturated carbocycles. The summed E-state index contributed by atoms with van der Waals surface area (Å²) in [5.74, 6) is 0. The predicted octanol–water partition coefficient (Wildman–Crippen LogP) is 1.77. The lowest BCUT2D eigenvalue weighted by Gasteiger charge is -2.16. The maximum Gasteiger partial charge on any atom is 0.115 e. The van der Waals surface area contributed by atoms with Crippen LogP contribution in [0, 0.1) is 0 Å². The highest BCUT2D eigenvalue weighted by Crippen LogP contribution is 2.17. The summed E-state index contributed by atoms with van der Waals surface area (Å²) < 4.78 is 7.50. The lowest BCUT2D eigenvalue weighted by atomic mass is 9.92. The maximum absolute atomic E-state index is 7.50. The van der Waals surface area contributed by atoms with E-state index in [-0.39, 0.29) is 5.41 Å². The maximum atomic E-state index is 7.50. The second kappa shape index (κ2) is 2.37. The molecule has 54 valence electrons. The van der Waals surface area contributed by atoms with Crippen molar-refractivity contribution in [2.24, 2.45) is 0 Å². The summed E-state index contributed by atoms with van der Waals surface area (Å²) in [5, 5.41) is 0. The van der Waals surface area contributed by atoms with Crippen LogP contribution in [0.4, 0.5) is 0 Å². The number of hydrogen-bond acceptors (Lipinski definition) is 2. The smallest absolute Gasteiger partial charge is 0.115 e. The highest BCUT2D eigenvalue weighted by atomic mass is 14.8. The molecule has 0 aliphatic carbocycles. The minimum absolute atomic E-state index is 0.0555. The van der Waals surface area contributed by atoms with Crippen molar-refractivity contribution >= 4 is 0 Å². The summed E-state index contributed by atoms with van der Waals surface area (Å²) in [7, 11) is 0. The van der Waals surface area contributed by atoms with E-state index in [1.54, 1.807) is 0 Å². The fourth-order valence-electron chi connectivity index (χ4n) is 0.670. The Labute approximate surface area is 62.7 Å². The van der Waals surface area contributed by atoms with Gasteiger partial charge in [0.05, 0.1) is 1.37 Å². The molecule has 0 aliphatic heterocycles. The average Bonchev–Trinajstić information content (AvgIpc) is 1.86. The third-order valence-corrected chi connectivity index (χ3v) is 1.24. The van der Waals surface area contributed by atoms with Crippen molar-refractivity contribution in [2.75, 3.05) is 0 Å². The van der Waals surface area contributed by atoms with E-state index in [1.807, 2.05) is 20.8 Å². The van der Waals surface area contributed by atoms with Crippen LogP contribution in [0.2, 0.25) is 0 Å². The minimum atomic E-state index is -0.0555. The largest absolute Gasteiger partial charge is 0.245 e. The van der Waals surface area contributed by atoms with Gasteiger partial charge in [0.2, 0.25) is 0 Å². The Morgan fingerprint density at radius 2 is 2.20 bits per heavy atom. The van der Waals surface area contributed by atoms with Gasteiger partial charge in [0.25, 0.3) is 0 Å². The van der Waals surface area contributed by atoms with Crippen molar-refractivity contribution in [1.82, 2.24) is 9.97 Å². The predicted molar refractivity (Wildman–Crippen MR) is 40.7 cm³/mol. The zero-order valence-corrected chi connectivity index (χ0v) is 6.55. The van der Waals surface area contributed by atoms with Crippen LogP contribution in [0.15, 0.2) is 18.6 Å². The van der Waals surface area contributed by atoms with Gasteiger partial charge >= 0.3 is 0 Å². The fraction of sp³-hybridized carbons (Fsp3) is 0.500. The van der Waals surface area contributed by atoms with Crippen LogP contribution in [0.1, 0.15) is 27.8 Å². The molecule has 0 radical (unpaired) electrons.